The van der Waals surface area contributed by atoms with Gasteiger partial charge < -0.3 is 26.3 Å². The minimum absolute atomic E-state index is 0.136. The van der Waals surface area contributed by atoms with E-state index in [1.54, 1.807) is 18.3 Å². The molecule has 32 heavy (non-hydrogen) atoms. The maximum absolute atomic E-state index is 7.40. The zero-order valence-electron chi connectivity index (χ0n) is 17.3. The number of anilines is 2. The Morgan fingerprint density at radius 2 is 1.47 bits per heavy atom. The smallest absolute Gasteiger partial charge is 0.134 e. The van der Waals surface area contributed by atoms with Crippen LogP contribution >= 0.6 is 0 Å². The topological polar surface area (TPSA) is 145 Å². The summed E-state index contributed by atoms with van der Waals surface area (Å²) in [4.78, 5) is 8.59. The molecule has 0 aliphatic rings. The third-order valence-electron chi connectivity index (χ3n) is 4.72. The molecule has 0 fully saturated rings. The van der Waals surface area contributed by atoms with Crippen LogP contribution in [0.2, 0.25) is 0 Å². The first kappa shape index (κ1) is 20.9. The lowest BCUT2D eigenvalue weighted by Crippen LogP contribution is -2.17. The summed E-state index contributed by atoms with van der Waals surface area (Å²) in [5, 5.41) is 8.38. The number of hydrogen-bond acceptors (Lipinski definition) is 9. The summed E-state index contributed by atoms with van der Waals surface area (Å²) >= 11 is 0. The molecule has 0 unspecified atom stereocenters. The Kier molecular flexibility index (Phi) is 6.26. The Morgan fingerprint density at radius 1 is 0.875 bits per heavy atom. The van der Waals surface area contributed by atoms with Crippen LogP contribution < -0.4 is 26.3 Å². The summed E-state index contributed by atoms with van der Waals surface area (Å²) in [6, 6.07) is 18.4. The molecule has 4 rings (SSSR count). The summed E-state index contributed by atoms with van der Waals surface area (Å²) in [6.07, 6.45) is 1.64. The van der Waals surface area contributed by atoms with E-state index >= 15 is 0 Å². The predicted molar refractivity (Wildman–Crippen MR) is 125 cm³/mol. The molecule has 0 aliphatic carbocycles. The number of nitrogens with zero attached hydrogens (tertiary/aromatic N) is 3. The van der Waals surface area contributed by atoms with E-state index in [1.165, 1.54) is 0 Å². The Hall–Kier alpha value is -4.40. The molecule has 0 saturated heterocycles. The van der Waals surface area contributed by atoms with Gasteiger partial charge >= 0.3 is 0 Å². The molecule has 2 heterocycles. The van der Waals surface area contributed by atoms with E-state index in [2.05, 4.69) is 20.4 Å². The van der Waals surface area contributed by atoms with E-state index in [4.69, 9.17) is 26.5 Å². The minimum atomic E-state index is 0.136. The number of nitrogens with one attached hydrogen (secondary N) is 2. The van der Waals surface area contributed by atoms with Crippen LogP contribution in [0.3, 0.4) is 0 Å². The second-order valence-corrected chi connectivity index (χ2v) is 6.96. The van der Waals surface area contributed by atoms with Gasteiger partial charge in [-0.1, -0.05) is 12.1 Å². The highest BCUT2D eigenvalue weighted by Crippen LogP contribution is 2.26. The standard InChI is InChI=1S/C23H23N7O2/c24-22-9-7-16-18(28-22)3-1-5-20(16)31-12-11-27-13-15(30-26)14-32-21-6-2-4-19-17(21)8-10-23(25)29-19/h1-10,13,26-27H,11-12,14H2,(H2,24,28)(H2,25,29)/b15-13-,30-26?. The van der Waals surface area contributed by atoms with Gasteiger partial charge in [0, 0.05) is 23.5 Å². The van der Waals surface area contributed by atoms with Gasteiger partial charge in [-0.3, -0.25) is 0 Å². The van der Waals surface area contributed by atoms with Crippen molar-refractivity contribution in [2.45, 2.75) is 0 Å². The maximum atomic E-state index is 7.40. The fraction of sp³-hybridized carbons (Fsp3) is 0.130. The van der Waals surface area contributed by atoms with Gasteiger partial charge in [-0.05, 0) is 48.5 Å². The van der Waals surface area contributed by atoms with E-state index in [9.17, 15) is 0 Å². The Morgan fingerprint density at radius 3 is 2.06 bits per heavy atom. The van der Waals surface area contributed by atoms with E-state index in [-0.39, 0.29) is 6.61 Å². The third-order valence-corrected chi connectivity index (χ3v) is 4.72. The van der Waals surface area contributed by atoms with Gasteiger partial charge in [0.1, 0.15) is 42.0 Å². The SMILES string of the molecule is N=N/C(=C\NCCOc1cccc2nc(N)ccc12)COc1cccc2nc(N)ccc12. The molecule has 0 amide bonds. The largest absolute Gasteiger partial charge is 0.491 e. The quantitative estimate of drug-likeness (QED) is 0.233. The molecule has 4 aromatic rings. The molecule has 0 bridgehead atoms. The number of rotatable bonds is 9. The number of nitrogen functional groups attached to an aromatic ring is 2. The van der Waals surface area contributed by atoms with Crippen molar-refractivity contribution < 1.29 is 9.47 Å². The monoisotopic (exact) mass is 429 g/mol. The van der Waals surface area contributed by atoms with Crippen LogP contribution in [0, 0.1) is 5.53 Å². The highest BCUT2D eigenvalue weighted by atomic mass is 16.5. The molecule has 2 aromatic heterocycles. The number of ether oxygens (including phenoxy) is 2. The van der Waals surface area contributed by atoms with Crippen molar-refractivity contribution in [3.63, 3.8) is 0 Å². The van der Waals surface area contributed by atoms with E-state index in [0.717, 1.165) is 27.6 Å². The van der Waals surface area contributed by atoms with Crippen molar-refractivity contribution in [2.24, 2.45) is 5.11 Å². The Labute approximate surface area is 184 Å². The first-order valence-corrected chi connectivity index (χ1v) is 10.00. The molecule has 0 atom stereocenters. The van der Waals surface area contributed by atoms with Crippen molar-refractivity contribution in [3.8, 4) is 11.5 Å². The Bertz CT molecular complexity index is 1290. The summed E-state index contributed by atoms with van der Waals surface area (Å²) < 4.78 is 11.7. The van der Waals surface area contributed by atoms with Gasteiger partial charge in [0.25, 0.3) is 0 Å². The lowest BCUT2D eigenvalue weighted by molar-refractivity contribution is 0.323. The predicted octanol–water partition coefficient (Wildman–Crippen LogP) is 3.87. The van der Waals surface area contributed by atoms with Gasteiger partial charge in [-0.15, -0.1) is 0 Å². The summed E-state index contributed by atoms with van der Waals surface area (Å²) in [5.41, 5.74) is 20.9. The number of nitrogens with two attached hydrogens (primary N) is 2. The molecule has 6 N–H and O–H groups in total. The lowest BCUT2D eigenvalue weighted by atomic mass is 10.2. The molecule has 0 spiro atoms. The second kappa shape index (κ2) is 9.61. The second-order valence-electron chi connectivity index (χ2n) is 6.96. The molecule has 0 saturated carbocycles. The lowest BCUT2D eigenvalue weighted by Gasteiger charge is -2.11. The fourth-order valence-electron chi connectivity index (χ4n) is 3.20. The van der Waals surface area contributed by atoms with Gasteiger partial charge in [-0.2, -0.15) is 5.11 Å². The molecule has 0 radical (unpaired) electrons. The number of aromatic nitrogens is 2. The average molecular weight is 429 g/mol. The number of fused-ring (bicyclic) bond motifs is 2. The Balaban J connectivity index is 1.31. The van der Waals surface area contributed by atoms with Crippen molar-refractivity contribution in [3.05, 3.63) is 72.6 Å². The van der Waals surface area contributed by atoms with Crippen LogP contribution in [0.4, 0.5) is 11.6 Å². The fourth-order valence-corrected chi connectivity index (χ4v) is 3.20. The van der Waals surface area contributed by atoms with Crippen LogP contribution in [0.25, 0.3) is 21.8 Å². The van der Waals surface area contributed by atoms with Crippen LogP contribution in [-0.2, 0) is 0 Å². The van der Waals surface area contributed by atoms with Gasteiger partial charge in [0.15, 0.2) is 0 Å². The van der Waals surface area contributed by atoms with Crippen LogP contribution in [0.1, 0.15) is 0 Å². The van der Waals surface area contributed by atoms with E-state index in [0.29, 0.717) is 36.2 Å². The first-order valence-electron chi connectivity index (χ1n) is 10.00. The summed E-state index contributed by atoms with van der Waals surface area (Å²) in [7, 11) is 0. The average Bonchev–Trinajstić information content (AvgIpc) is 2.80. The number of pyridine rings is 2. The van der Waals surface area contributed by atoms with Crippen molar-refractivity contribution in [2.75, 3.05) is 31.2 Å². The highest BCUT2D eigenvalue weighted by Gasteiger charge is 2.06. The number of benzene rings is 2. The van der Waals surface area contributed by atoms with Gasteiger partial charge in [0.2, 0.25) is 0 Å². The van der Waals surface area contributed by atoms with Crippen molar-refractivity contribution in [1.82, 2.24) is 15.3 Å². The van der Waals surface area contributed by atoms with E-state index < -0.39 is 0 Å². The normalized spacial score (nSPS) is 11.4. The van der Waals surface area contributed by atoms with Gasteiger partial charge in [0.05, 0.1) is 11.0 Å². The summed E-state index contributed by atoms with van der Waals surface area (Å²) in [6.45, 7) is 1.08. The van der Waals surface area contributed by atoms with Crippen LogP contribution in [0.5, 0.6) is 11.5 Å². The van der Waals surface area contributed by atoms with Crippen LogP contribution in [-0.4, -0.2) is 29.7 Å². The first-order chi connectivity index (χ1) is 15.6. The van der Waals surface area contributed by atoms with E-state index in [1.807, 2.05) is 48.5 Å². The van der Waals surface area contributed by atoms with Crippen molar-refractivity contribution >= 4 is 33.4 Å². The minimum Gasteiger partial charge on any atom is -0.491 e. The van der Waals surface area contributed by atoms with Gasteiger partial charge in [-0.25, -0.2) is 15.5 Å². The summed E-state index contributed by atoms with van der Waals surface area (Å²) in [5.74, 6) is 2.31. The van der Waals surface area contributed by atoms with Crippen LogP contribution in [0.15, 0.2) is 77.7 Å². The zero-order valence-corrected chi connectivity index (χ0v) is 17.3. The zero-order chi connectivity index (χ0) is 22.3. The molecular formula is C23H23N7O2. The van der Waals surface area contributed by atoms with Crippen molar-refractivity contribution in [1.29, 1.82) is 5.53 Å². The maximum Gasteiger partial charge on any atom is 0.134 e. The molecule has 2 aromatic carbocycles. The molecule has 9 nitrogen and oxygen atoms in total. The molecule has 0 aliphatic heterocycles. The number of hydrogen-bond donors (Lipinski definition) is 4. The molecule has 9 heteroatoms. The highest BCUT2D eigenvalue weighted by molar-refractivity contribution is 5.87. The third kappa shape index (κ3) is 4.84. The molecular weight excluding hydrogens is 406 g/mol. The molecule has 162 valence electrons.